The molecule has 2 rings (SSSR count). The molecule has 1 aromatic carbocycles. The van der Waals surface area contributed by atoms with Crippen LogP contribution in [0.4, 0.5) is 0 Å². The van der Waals surface area contributed by atoms with Crippen LogP contribution in [-0.2, 0) is 0 Å². The largest absolute Gasteiger partial charge is 0.497 e. The molecule has 1 aromatic heterocycles. The summed E-state index contributed by atoms with van der Waals surface area (Å²) in [6, 6.07) is 7.07. The summed E-state index contributed by atoms with van der Waals surface area (Å²) in [6.45, 7) is 1.52. The van der Waals surface area contributed by atoms with Crippen molar-refractivity contribution in [2.24, 2.45) is 0 Å². The van der Waals surface area contributed by atoms with Crippen LogP contribution >= 0.6 is 0 Å². The number of hydrogen-bond acceptors (Lipinski definition) is 5. The number of methoxy groups -OCH3 is 1. The van der Waals surface area contributed by atoms with Gasteiger partial charge in [0, 0.05) is 12.6 Å². The number of carbonyl (C=O) groups excluding carboxylic acids is 1. The van der Waals surface area contributed by atoms with E-state index in [4.69, 9.17) is 9.26 Å². The number of aromatic nitrogens is 1. The summed E-state index contributed by atoms with van der Waals surface area (Å²) in [4.78, 5) is 12.0. The molecule has 1 unspecified atom stereocenters. The summed E-state index contributed by atoms with van der Waals surface area (Å²) in [6.07, 6.45) is -0.915. The predicted octanol–water partition coefficient (Wildman–Crippen LogP) is 1.76. The molecule has 2 aromatic rings. The molecule has 20 heavy (non-hydrogen) atoms. The molecule has 6 heteroatoms. The van der Waals surface area contributed by atoms with Gasteiger partial charge in [0.25, 0.3) is 5.91 Å². The van der Waals surface area contributed by atoms with Crippen LogP contribution in [0, 0.1) is 0 Å². The molecule has 0 bridgehead atoms. The van der Waals surface area contributed by atoms with Crippen molar-refractivity contribution < 1.29 is 19.2 Å². The Morgan fingerprint density at radius 3 is 2.55 bits per heavy atom. The lowest BCUT2D eigenvalue weighted by atomic mass is 10.0. The maximum Gasteiger partial charge on any atom is 0.257 e. The van der Waals surface area contributed by atoms with Crippen molar-refractivity contribution in [2.75, 3.05) is 14.2 Å². The molecule has 1 heterocycles. The second-order valence-corrected chi connectivity index (χ2v) is 4.25. The van der Waals surface area contributed by atoms with Crippen molar-refractivity contribution in [3.8, 4) is 17.0 Å². The highest BCUT2D eigenvalue weighted by atomic mass is 16.5. The van der Waals surface area contributed by atoms with Crippen molar-refractivity contribution in [1.82, 2.24) is 10.5 Å². The standard InChI is InChI=1S/C14H16N2O4/c1-8(17)13-11(14(18)15-2)12(16-20-13)9-4-6-10(19-3)7-5-9/h4-8,17H,1-3H3,(H,15,18). The second kappa shape index (κ2) is 5.75. The fraction of sp³-hybridized carbons (Fsp3) is 0.286. The van der Waals surface area contributed by atoms with Gasteiger partial charge in [-0.25, -0.2) is 0 Å². The summed E-state index contributed by atoms with van der Waals surface area (Å²) < 4.78 is 10.2. The lowest BCUT2D eigenvalue weighted by Crippen LogP contribution is -2.20. The first kappa shape index (κ1) is 14.1. The number of nitrogens with zero attached hydrogens (tertiary/aromatic N) is 1. The molecule has 2 N–H and O–H groups in total. The number of rotatable bonds is 4. The molecule has 106 valence electrons. The highest BCUT2D eigenvalue weighted by molar-refractivity contribution is 6.00. The van der Waals surface area contributed by atoms with Gasteiger partial charge in [0.15, 0.2) is 5.76 Å². The van der Waals surface area contributed by atoms with Crippen LogP contribution in [0.25, 0.3) is 11.3 Å². The number of amides is 1. The summed E-state index contributed by atoms with van der Waals surface area (Å²) >= 11 is 0. The van der Waals surface area contributed by atoms with Crippen LogP contribution in [0.15, 0.2) is 28.8 Å². The highest BCUT2D eigenvalue weighted by Crippen LogP contribution is 2.30. The zero-order valence-electron chi connectivity index (χ0n) is 11.5. The molecule has 0 aliphatic carbocycles. The van der Waals surface area contributed by atoms with Crippen molar-refractivity contribution in [2.45, 2.75) is 13.0 Å². The first-order valence-electron chi connectivity index (χ1n) is 6.12. The summed E-state index contributed by atoms with van der Waals surface area (Å²) in [5.41, 5.74) is 1.34. The van der Waals surface area contributed by atoms with Crippen LogP contribution in [0.5, 0.6) is 5.75 Å². The van der Waals surface area contributed by atoms with E-state index in [1.165, 1.54) is 14.0 Å². The monoisotopic (exact) mass is 276 g/mol. The van der Waals surface area contributed by atoms with Crippen molar-refractivity contribution in [3.63, 3.8) is 0 Å². The van der Waals surface area contributed by atoms with Gasteiger partial charge in [-0.3, -0.25) is 4.79 Å². The van der Waals surface area contributed by atoms with Crippen LogP contribution in [0.1, 0.15) is 29.1 Å². The van der Waals surface area contributed by atoms with Crippen molar-refractivity contribution in [3.05, 3.63) is 35.6 Å². The third kappa shape index (κ3) is 2.50. The lowest BCUT2D eigenvalue weighted by Gasteiger charge is -2.05. The molecule has 0 spiro atoms. The Morgan fingerprint density at radius 1 is 1.40 bits per heavy atom. The normalized spacial score (nSPS) is 12.0. The number of benzene rings is 1. The van der Waals surface area contributed by atoms with Crippen LogP contribution in [0.2, 0.25) is 0 Å². The number of hydrogen-bond donors (Lipinski definition) is 2. The molecule has 1 amide bonds. The number of nitrogens with one attached hydrogen (secondary N) is 1. The van der Waals surface area contributed by atoms with Gasteiger partial charge in [-0.1, -0.05) is 5.16 Å². The number of aliphatic hydroxyl groups is 1. The molecule has 0 saturated carbocycles. The number of aliphatic hydroxyl groups excluding tert-OH is 1. The van der Waals surface area contributed by atoms with Gasteiger partial charge in [0.05, 0.1) is 7.11 Å². The maximum absolute atomic E-state index is 12.0. The molecule has 0 fully saturated rings. The van der Waals surface area contributed by atoms with E-state index < -0.39 is 6.10 Å². The molecule has 1 atom stereocenters. The van der Waals surface area contributed by atoms with E-state index in [0.29, 0.717) is 17.0 Å². The SMILES string of the molecule is CNC(=O)c1c(-c2ccc(OC)cc2)noc1C(C)O. The molecule has 6 nitrogen and oxygen atoms in total. The fourth-order valence-corrected chi connectivity index (χ4v) is 1.88. The maximum atomic E-state index is 12.0. The average Bonchev–Trinajstić information content (AvgIpc) is 2.91. The Morgan fingerprint density at radius 2 is 2.05 bits per heavy atom. The molecule has 0 aliphatic rings. The topological polar surface area (TPSA) is 84.6 Å². The van der Waals surface area contributed by atoms with E-state index in [1.54, 1.807) is 31.4 Å². The van der Waals surface area contributed by atoms with Crippen LogP contribution < -0.4 is 10.1 Å². The van der Waals surface area contributed by atoms with E-state index in [2.05, 4.69) is 10.5 Å². The lowest BCUT2D eigenvalue weighted by molar-refractivity contribution is 0.0950. The van der Waals surface area contributed by atoms with Crippen molar-refractivity contribution >= 4 is 5.91 Å². The molecule has 0 aliphatic heterocycles. The zero-order chi connectivity index (χ0) is 14.7. The molecule has 0 radical (unpaired) electrons. The highest BCUT2D eigenvalue weighted by Gasteiger charge is 2.25. The van der Waals surface area contributed by atoms with E-state index in [9.17, 15) is 9.90 Å². The Labute approximate surface area is 116 Å². The van der Waals surface area contributed by atoms with Gasteiger partial charge in [-0.05, 0) is 31.2 Å². The first-order chi connectivity index (χ1) is 9.58. The van der Waals surface area contributed by atoms with Gasteiger partial charge < -0.3 is 19.7 Å². The molecular weight excluding hydrogens is 260 g/mol. The quantitative estimate of drug-likeness (QED) is 0.889. The van der Waals surface area contributed by atoms with Gasteiger partial charge in [-0.2, -0.15) is 0 Å². The second-order valence-electron chi connectivity index (χ2n) is 4.25. The minimum Gasteiger partial charge on any atom is -0.497 e. The van der Waals surface area contributed by atoms with Gasteiger partial charge in [-0.15, -0.1) is 0 Å². The third-order valence-corrected chi connectivity index (χ3v) is 2.92. The molecule has 0 saturated heterocycles. The van der Waals surface area contributed by atoms with E-state index in [-0.39, 0.29) is 17.2 Å². The van der Waals surface area contributed by atoms with Crippen LogP contribution in [-0.4, -0.2) is 30.3 Å². The minimum atomic E-state index is -0.915. The first-order valence-corrected chi connectivity index (χ1v) is 6.12. The van der Waals surface area contributed by atoms with Crippen molar-refractivity contribution in [1.29, 1.82) is 0 Å². The van der Waals surface area contributed by atoms with Gasteiger partial charge in [0.2, 0.25) is 0 Å². The fourth-order valence-electron chi connectivity index (χ4n) is 1.88. The van der Waals surface area contributed by atoms with Crippen LogP contribution in [0.3, 0.4) is 0 Å². The minimum absolute atomic E-state index is 0.148. The Balaban J connectivity index is 2.52. The number of carbonyl (C=O) groups is 1. The summed E-state index contributed by atoms with van der Waals surface area (Å²) in [5, 5.41) is 16.1. The zero-order valence-corrected chi connectivity index (χ0v) is 11.5. The Hall–Kier alpha value is -2.34. The summed E-state index contributed by atoms with van der Waals surface area (Å²) in [7, 11) is 3.09. The van der Waals surface area contributed by atoms with E-state index in [0.717, 1.165) is 0 Å². The smallest absolute Gasteiger partial charge is 0.257 e. The number of ether oxygens (including phenoxy) is 1. The van der Waals surface area contributed by atoms with Gasteiger partial charge in [0.1, 0.15) is 23.1 Å². The third-order valence-electron chi connectivity index (χ3n) is 2.92. The Bertz CT molecular complexity index is 602. The average molecular weight is 276 g/mol. The van der Waals surface area contributed by atoms with E-state index >= 15 is 0 Å². The van der Waals surface area contributed by atoms with E-state index in [1.807, 2.05) is 0 Å². The predicted molar refractivity (Wildman–Crippen MR) is 72.5 cm³/mol. The van der Waals surface area contributed by atoms with Gasteiger partial charge >= 0.3 is 0 Å². The molecular formula is C14H16N2O4. The summed E-state index contributed by atoms with van der Waals surface area (Å²) in [5.74, 6) is 0.498. The Kier molecular flexibility index (Phi) is 4.05.